The van der Waals surface area contributed by atoms with Crippen LogP contribution >= 0.6 is 0 Å². The summed E-state index contributed by atoms with van der Waals surface area (Å²) in [4.78, 5) is 17.9. The van der Waals surface area contributed by atoms with Crippen LogP contribution in [0.3, 0.4) is 0 Å². The molecule has 1 aliphatic rings. The normalized spacial score (nSPS) is 15.2. The summed E-state index contributed by atoms with van der Waals surface area (Å²) >= 11 is 0. The van der Waals surface area contributed by atoms with Crippen molar-refractivity contribution in [2.45, 2.75) is 26.3 Å². The van der Waals surface area contributed by atoms with Crippen molar-refractivity contribution in [3.63, 3.8) is 0 Å². The third kappa shape index (κ3) is 2.72. The van der Waals surface area contributed by atoms with Crippen LogP contribution in [-0.2, 0) is 6.54 Å². The van der Waals surface area contributed by atoms with Gasteiger partial charge in [-0.25, -0.2) is 4.79 Å². The lowest BCUT2D eigenvalue weighted by Crippen LogP contribution is -2.37. The first-order valence-electron chi connectivity index (χ1n) is 5.71. The molecule has 1 saturated heterocycles. The van der Waals surface area contributed by atoms with Gasteiger partial charge in [-0.15, -0.1) is 0 Å². The molecule has 2 heterocycles. The summed E-state index contributed by atoms with van der Waals surface area (Å²) in [6, 6.07) is 5.86. The Labute approximate surface area is 95.7 Å². The largest absolute Gasteiger partial charge is 0.332 e. The minimum absolute atomic E-state index is 0.0285. The SMILES string of the molecule is Cc1cccc(CNC(=O)N2CCCC2)n1. The average Bonchev–Trinajstić information content (AvgIpc) is 2.79. The standard InChI is InChI=1S/C12H17N3O/c1-10-5-4-6-11(14-10)9-13-12(16)15-7-2-3-8-15/h4-6H,2-3,7-9H2,1H3,(H,13,16). The van der Waals surface area contributed by atoms with E-state index in [0.29, 0.717) is 6.54 Å². The van der Waals surface area contributed by atoms with Crippen LogP contribution in [0.25, 0.3) is 0 Å². The topological polar surface area (TPSA) is 45.2 Å². The number of pyridine rings is 1. The summed E-state index contributed by atoms with van der Waals surface area (Å²) in [5.74, 6) is 0. The molecule has 4 heteroatoms. The van der Waals surface area contributed by atoms with Crippen molar-refractivity contribution in [1.29, 1.82) is 0 Å². The molecule has 0 atom stereocenters. The van der Waals surface area contributed by atoms with Crippen molar-refractivity contribution < 1.29 is 4.79 Å². The average molecular weight is 219 g/mol. The van der Waals surface area contributed by atoms with Gasteiger partial charge < -0.3 is 10.2 Å². The van der Waals surface area contributed by atoms with E-state index in [2.05, 4.69) is 10.3 Å². The lowest BCUT2D eigenvalue weighted by atomic mass is 10.3. The van der Waals surface area contributed by atoms with Gasteiger partial charge in [-0.2, -0.15) is 0 Å². The molecule has 2 rings (SSSR count). The Kier molecular flexibility index (Phi) is 3.39. The number of rotatable bonds is 2. The Hall–Kier alpha value is -1.58. The van der Waals surface area contributed by atoms with E-state index in [9.17, 15) is 4.79 Å². The Bertz CT molecular complexity index is 372. The van der Waals surface area contributed by atoms with Gasteiger partial charge in [0, 0.05) is 18.8 Å². The van der Waals surface area contributed by atoms with E-state index in [1.54, 1.807) is 0 Å². The molecule has 1 aliphatic heterocycles. The molecule has 0 bridgehead atoms. The fraction of sp³-hybridized carbons (Fsp3) is 0.500. The number of urea groups is 1. The Morgan fingerprint density at radius 1 is 1.44 bits per heavy atom. The molecule has 0 spiro atoms. The van der Waals surface area contributed by atoms with Crippen LogP contribution in [0.15, 0.2) is 18.2 Å². The zero-order valence-corrected chi connectivity index (χ0v) is 9.57. The van der Waals surface area contributed by atoms with Crippen molar-refractivity contribution in [1.82, 2.24) is 15.2 Å². The van der Waals surface area contributed by atoms with E-state index in [1.807, 2.05) is 30.0 Å². The summed E-state index contributed by atoms with van der Waals surface area (Å²) in [6.07, 6.45) is 2.24. The molecule has 1 N–H and O–H groups in total. The van der Waals surface area contributed by atoms with Crippen molar-refractivity contribution >= 4 is 6.03 Å². The van der Waals surface area contributed by atoms with Crippen LogP contribution in [0.5, 0.6) is 0 Å². The molecule has 86 valence electrons. The zero-order chi connectivity index (χ0) is 11.4. The highest BCUT2D eigenvalue weighted by Gasteiger charge is 2.17. The van der Waals surface area contributed by atoms with Gasteiger partial charge in [0.15, 0.2) is 0 Å². The van der Waals surface area contributed by atoms with E-state index < -0.39 is 0 Å². The Balaban J connectivity index is 1.84. The maximum Gasteiger partial charge on any atom is 0.317 e. The van der Waals surface area contributed by atoms with Crippen LogP contribution in [0.1, 0.15) is 24.2 Å². The summed E-state index contributed by atoms with van der Waals surface area (Å²) in [5.41, 5.74) is 1.89. The predicted molar refractivity (Wildman–Crippen MR) is 62.0 cm³/mol. The maximum absolute atomic E-state index is 11.7. The molecule has 2 amide bonds. The number of carbonyl (C=O) groups excluding carboxylic acids is 1. The van der Waals surface area contributed by atoms with E-state index in [4.69, 9.17) is 0 Å². The van der Waals surface area contributed by atoms with E-state index >= 15 is 0 Å². The van der Waals surface area contributed by atoms with Crippen molar-refractivity contribution in [3.05, 3.63) is 29.6 Å². The fourth-order valence-corrected chi connectivity index (χ4v) is 1.90. The second-order valence-electron chi connectivity index (χ2n) is 4.12. The first-order chi connectivity index (χ1) is 7.75. The highest BCUT2D eigenvalue weighted by molar-refractivity contribution is 5.74. The van der Waals surface area contributed by atoms with Crippen LogP contribution in [-0.4, -0.2) is 29.0 Å². The monoisotopic (exact) mass is 219 g/mol. The second-order valence-corrected chi connectivity index (χ2v) is 4.12. The lowest BCUT2D eigenvalue weighted by molar-refractivity contribution is 0.208. The first-order valence-corrected chi connectivity index (χ1v) is 5.71. The molecule has 16 heavy (non-hydrogen) atoms. The Morgan fingerprint density at radius 3 is 2.88 bits per heavy atom. The summed E-state index contributed by atoms with van der Waals surface area (Å²) in [7, 11) is 0. The summed E-state index contributed by atoms with van der Waals surface area (Å²) in [5, 5.41) is 2.89. The highest BCUT2D eigenvalue weighted by Crippen LogP contribution is 2.07. The first kappa shape index (κ1) is 10.9. The lowest BCUT2D eigenvalue weighted by Gasteiger charge is -2.15. The quantitative estimate of drug-likeness (QED) is 0.822. The van der Waals surface area contributed by atoms with Crippen LogP contribution in [0.4, 0.5) is 4.79 Å². The van der Waals surface area contributed by atoms with E-state index in [-0.39, 0.29) is 6.03 Å². The molecule has 0 aliphatic carbocycles. The second kappa shape index (κ2) is 4.96. The number of hydrogen-bond acceptors (Lipinski definition) is 2. The molecule has 0 radical (unpaired) electrons. The third-order valence-corrected chi connectivity index (χ3v) is 2.76. The minimum Gasteiger partial charge on any atom is -0.332 e. The van der Waals surface area contributed by atoms with Gasteiger partial charge in [0.05, 0.1) is 12.2 Å². The van der Waals surface area contributed by atoms with Gasteiger partial charge in [-0.1, -0.05) is 6.07 Å². The van der Waals surface area contributed by atoms with E-state index in [0.717, 1.165) is 37.3 Å². The predicted octanol–water partition coefficient (Wildman–Crippen LogP) is 1.70. The van der Waals surface area contributed by atoms with Crippen molar-refractivity contribution in [2.24, 2.45) is 0 Å². The number of likely N-dealkylation sites (tertiary alicyclic amines) is 1. The summed E-state index contributed by atoms with van der Waals surface area (Å²) in [6.45, 7) is 4.23. The van der Waals surface area contributed by atoms with Gasteiger partial charge in [0.25, 0.3) is 0 Å². The molecule has 1 aromatic rings. The smallest absolute Gasteiger partial charge is 0.317 e. The molecule has 4 nitrogen and oxygen atoms in total. The van der Waals surface area contributed by atoms with E-state index in [1.165, 1.54) is 0 Å². The molecular weight excluding hydrogens is 202 g/mol. The van der Waals surface area contributed by atoms with Crippen molar-refractivity contribution in [2.75, 3.05) is 13.1 Å². The van der Waals surface area contributed by atoms with Gasteiger partial charge in [-0.05, 0) is 31.9 Å². The number of aryl methyl sites for hydroxylation is 1. The number of nitrogens with one attached hydrogen (secondary N) is 1. The molecule has 1 aromatic heterocycles. The number of aromatic nitrogens is 1. The van der Waals surface area contributed by atoms with Gasteiger partial charge >= 0.3 is 6.03 Å². The highest BCUT2D eigenvalue weighted by atomic mass is 16.2. The summed E-state index contributed by atoms with van der Waals surface area (Å²) < 4.78 is 0. The molecule has 0 saturated carbocycles. The molecule has 1 fully saturated rings. The molecular formula is C12H17N3O. The van der Waals surface area contributed by atoms with Gasteiger partial charge in [0.2, 0.25) is 0 Å². The molecule has 0 unspecified atom stereocenters. The number of carbonyl (C=O) groups is 1. The van der Waals surface area contributed by atoms with Crippen molar-refractivity contribution in [3.8, 4) is 0 Å². The van der Waals surface area contributed by atoms with Gasteiger partial charge in [-0.3, -0.25) is 4.98 Å². The fourth-order valence-electron chi connectivity index (χ4n) is 1.90. The van der Waals surface area contributed by atoms with Crippen LogP contribution < -0.4 is 5.32 Å². The van der Waals surface area contributed by atoms with Gasteiger partial charge in [0.1, 0.15) is 0 Å². The number of amides is 2. The Morgan fingerprint density at radius 2 is 2.19 bits per heavy atom. The molecule has 0 aromatic carbocycles. The number of hydrogen-bond donors (Lipinski definition) is 1. The van der Waals surface area contributed by atoms with Crippen LogP contribution in [0, 0.1) is 6.92 Å². The minimum atomic E-state index is 0.0285. The van der Waals surface area contributed by atoms with Crippen LogP contribution in [0.2, 0.25) is 0 Å². The maximum atomic E-state index is 11.7. The third-order valence-electron chi connectivity index (χ3n) is 2.76. The number of nitrogens with zero attached hydrogens (tertiary/aromatic N) is 2. The zero-order valence-electron chi connectivity index (χ0n) is 9.57.